The van der Waals surface area contributed by atoms with Gasteiger partial charge in [0.1, 0.15) is 6.61 Å². The first-order valence-corrected chi connectivity index (χ1v) is 8.72. The highest BCUT2D eigenvalue weighted by molar-refractivity contribution is 6.32. The van der Waals surface area contributed by atoms with E-state index in [1.807, 2.05) is 12.1 Å². The van der Waals surface area contributed by atoms with Gasteiger partial charge in [0.25, 0.3) is 5.69 Å². The smallest absolute Gasteiger partial charge is 0.269 e. The van der Waals surface area contributed by atoms with Crippen molar-refractivity contribution in [3.05, 3.63) is 69.8 Å². The lowest BCUT2D eigenvalue weighted by molar-refractivity contribution is -0.384. The van der Waals surface area contributed by atoms with Crippen LogP contribution in [-0.2, 0) is 6.54 Å². The minimum absolute atomic E-state index is 0.0741. The lowest BCUT2D eigenvalue weighted by atomic mass is 10.2. The Hall–Kier alpha value is -2.77. The number of nitrogens with one attached hydrogen (secondary N) is 2. The highest BCUT2D eigenvalue weighted by Gasteiger charge is 2.11. The Morgan fingerprint density at radius 2 is 2.00 bits per heavy atom. The third-order valence-corrected chi connectivity index (χ3v) is 3.95. The fraction of sp³-hybridized carbons (Fsp3) is 0.263. The quantitative estimate of drug-likeness (QED) is 0.260. The first-order valence-electron chi connectivity index (χ1n) is 8.34. The molecule has 8 heteroatoms. The van der Waals surface area contributed by atoms with Gasteiger partial charge in [-0.2, -0.15) is 0 Å². The zero-order valence-corrected chi connectivity index (χ0v) is 15.8. The third kappa shape index (κ3) is 6.16. The van der Waals surface area contributed by atoms with Crippen LogP contribution in [0.4, 0.5) is 11.4 Å². The second-order valence-corrected chi connectivity index (χ2v) is 6.02. The first-order chi connectivity index (χ1) is 13.0. The number of benzene rings is 2. The summed E-state index contributed by atoms with van der Waals surface area (Å²) >= 11 is 6.28. The number of non-ortho nitro benzene ring substituents is 1. The van der Waals surface area contributed by atoms with Gasteiger partial charge in [-0.15, -0.1) is 0 Å². The van der Waals surface area contributed by atoms with Gasteiger partial charge in [0.2, 0.25) is 0 Å². The van der Waals surface area contributed by atoms with Gasteiger partial charge in [0.05, 0.1) is 17.1 Å². The van der Waals surface area contributed by atoms with Crippen LogP contribution in [0.15, 0.2) is 49.1 Å². The zero-order chi connectivity index (χ0) is 19.6. The molecule has 0 radical (unpaired) electrons. The van der Waals surface area contributed by atoms with Gasteiger partial charge in [0, 0.05) is 37.5 Å². The minimum atomic E-state index is -0.418. The monoisotopic (exact) mass is 391 g/mol. The Morgan fingerprint density at radius 3 is 2.63 bits per heavy atom. The number of halogens is 1. The van der Waals surface area contributed by atoms with Crippen LogP contribution in [0.5, 0.6) is 11.5 Å². The number of nitro groups is 1. The summed E-state index contributed by atoms with van der Waals surface area (Å²) in [7, 11) is 1.57. The molecule has 0 aliphatic carbocycles. The molecule has 2 aromatic carbocycles. The predicted molar refractivity (Wildman–Crippen MR) is 107 cm³/mol. The zero-order valence-electron chi connectivity index (χ0n) is 15.0. The highest BCUT2D eigenvalue weighted by atomic mass is 35.5. The van der Waals surface area contributed by atoms with E-state index in [1.165, 1.54) is 12.1 Å². The molecule has 0 unspecified atom stereocenters. The summed E-state index contributed by atoms with van der Waals surface area (Å²) < 4.78 is 10.9. The minimum Gasteiger partial charge on any atom is -0.493 e. The van der Waals surface area contributed by atoms with Gasteiger partial charge in [-0.05, 0) is 29.8 Å². The van der Waals surface area contributed by atoms with E-state index in [2.05, 4.69) is 17.2 Å². The molecule has 0 saturated carbocycles. The Balaban J connectivity index is 1.81. The molecule has 0 aliphatic rings. The second-order valence-electron chi connectivity index (χ2n) is 5.62. The number of hydrogen-bond donors (Lipinski definition) is 2. The maximum atomic E-state index is 10.6. The number of ether oxygens (including phenoxy) is 2. The van der Waals surface area contributed by atoms with Gasteiger partial charge in [0.15, 0.2) is 11.5 Å². The van der Waals surface area contributed by atoms with Crippen molar-refractivity contribution in [2.75, 3.05) is 32.1 Å². The Kier molecular flexibility index (Phi) is 7.91. The maximum absolute atomic E-state index is 10.6. The number of nitro benzene ring substituents is 1. The van der Waals surface area contributed by atoms with E-state index >= 15 is 0 Å². The molecule has 0 heterocycles. The van der Waals surface area contributed by atoms with Crippen LogP contribution >= 0.6 is 11.6 Å². The molecule has 0 bridgehead atoms. The average Bonchev–Trinajstić information content (AvgIpc) is 2.66. The summed E-state index contributed by atoms with van der Waals surface area (Å²) in [5, 5.41) is 17.6. The fourth-order valence-corrected chi connectivity index (χ4v) is 2.67. The van der Waals surface area contributed by atoms with Gasteiger partial charge < -0.3 is 20.1 Å². The van der Waals surface area contributed by atoms with Crippen molar-refractivity contribution in [2.24, 2.45) is 0 Å². The van der Waals surface area contributed by atoms with Crippen molar-refractivity contribution >= 4 is 23.0 Å². The molecule has 144 valence electrons. The fourth-order valence-electron chi connectivity index (χ4n) is 2.39. The van der Waals surface area contributed by atoms with E-state index < -0.39 is 4.92 Å². The summed E-state index contributed by atoms with van der Waals surface area (Å²) in [4.78, 5) is 10.2. The van der Waals surface area contributed by atoms with Crippen LogP contribution in [0.1, 0.15) is 5.56 Å². The molecule has 0 aliphatic heterocycles. The topological polar surface area (TPSA) is 85.7 Å². The molecular weight excluding hydrogens is 370 g/mol. The van der Waals surface area contributed by atoms with Crippen molar-refractivity contribution in [1.82, 2.24) is 5.32 Å². The Morgan fingerprint density at radius 1 is 1.26 bits per heavy atom. The number of nitrogens with zero attached hydrogens (tertiary/aromatic N) is 1. The summed E-state index contributed by atoms with van der Waals surface area (Å²) in [5.41, 5.74) is 1.87. The lowest BCUT2D eigenvalue weighted by Gasteiger charge is -2.14. The van der Waals surface area contributed by atoms with Crippen molar-refractivity contribution in [2.45, 2.75) is 6.54 Å². The van der Waals surface area contributed by atoms with Crippen molar-refractivity contribution in [3.8, 4) is 11.5 Å². The molecule has 0 spiro atoms. The molecule has 2 N–H and O–H groups in total. The first kappa shape index (κ1) is 20.5. The molecular formula is C19H22ClN3O4. The summed E-state index contributed by atoms with van der Waals surface area (Å²) in [5.74, 6) is 1.08. The highest BCUT2D eigenvalue weighted by Crippen LogP contribution is 2.36. The number of anilines is 1. The van der Waals surface area contributed by atoms with E-state index in [0.29, 0.717) is 42.8 Å². The molecule has 27 heavy (non-hydrogen) atoms. The van der Waals surface area contributed by atoms with E-state index in [0.717, 1.165) is 11.3 Å². The largest absolute Gasteiger partial charge is 0.493 e. The average molecular weight is 392 g/mol. The lowest BCUT2D eigenvalue weighted by Crippen LogP contribution is -2.21. The van der Waals surface area contributed by atoms with E-state index in [-0.39, 0.29) is 5.69 Å². The molecule has 2 aromatic rings. The molecule has 2 rings (SSSR count). The van der Waals surface area contributed by atoms with Gasteiger partial charge in [-0.1, -0.05) is 24.3 Å². The summed E-state index contributed by atoms with van der Waals surface area (Å²) in [6.45, 7) is 5.95. The van der Waals surface area contributed by atoms with Gasteiger partial charge in [-0.3, -0.25) is 10.1 Å². The standard InChI is InChI=1S/C19H22ClN3O4/c1-3-10-27-19-17(20)11-14(12-18(19)26-2)13-21-8-9-22-15-4-6-16(7-5-15)23(24)25/h3-7,11-12,21-22H,1,8-10,13H2,2H3. The van der Waals surface area contributed by atoms with E-state index in [1.54, 1.807) is 25.3 Å². The predicted octanol–water partition coefficient (Wildman–Crippen LogP) is 4.02. The summed E-state index contributed by atoms with van der Waals surface area (Å²) in [6.07, 6.45) is 1.64. The number of methoxy groups -OCH3 is 1. The molecule has 0 saturated heterocycles. The third-order valence-electron chi connectivity index (χ3n) is 3.67. The molecule has 0 amide bonds. The SMILES string of the molecule is C=CCOc1c(Cl)cc(CNCCNc2ccc([N+](=O)[O-])cc2)cc1OC. The molecule has 7 nitrogen and oxygen atoms in total. The van der Waals surface area contributed by atoms with E-state index in [4.69, 9.17) is 21.1 Å². The van der Waals surface area contributed by atoms with Crippen molar-refractivity contribution in [3.63, 3.8) is 0 Å². The van der Waals surface area contributed by atoms with Gasteiger partial charge in [-0.25, -0.2) is 0 Å². The second kappa shape index (κ2) is 10.4. The Bertz CT molecular complexity index is 781. The van der Waals surface area contributed by atoms with Crippen LogP contribution in [-0.4, -0.2) is 31.7 Å². The van der Waals surface area contributed by atoms with Crippen LogP contribution in [0.2, 0.25) is 5.02 Å². The van der Waals surface area contributed by atoms with Crippen LogP contribution in [0.25, 0.3) is 0 Å². The molecule has 0 atom stereocenters. The van der Waals surface area contributed by atoms with Crippen molar-refractivity contribution in [1.29, 1.82) is 0 Å². The number of rotatable bonds is 11. The normalized spacial score (nSPS) is 10.3. The van der Waals surface area contributed by atoms with Crippen LogP contribution in [0, 0.1) is 10.1 Å². The van der Waals surface area contributed by atoms with E-state index in [9.17, 15) is 10.1 Å². The molecule has 0 aromatic heterocycles. The summed E-state index contributed by atoms with van der Waals surface area (Å²) in [6, 6.07) is 10.0. The van der Waals surface area contributed by atoms with Crippen molar-refractivity contribution < 1.29 is 14.4 Å². The van der Waals surface area contributed by atoms with Crippen LogP contribution < -0.4 is 20.1 Å². The molecule has 0 fully saturated rings. The van der Waals surface area contributed by atoms with Gasteiger partial charge >= 0.3 is 0 Å². The number of hydrogen-bond acceptors (Lipinski definition) is 6. The maximum Gasteiger partial charge on any atom is 0.269 e. The van der Waals surface area contributed by atoms with Crippen LogP contribution in [0.3, 0.4) is 0 Å². The Labute approximate surface area is 163 Å².